The fraction of sp³-hybridized carbons (Fsp3) is 0.167. The summed E-state index contributed by atoms with van der Waals surface area (Å²) in [5.41, 5.74) is 5.51. The minimum absolute atomic E-state index is 0.0725. The fourth-order valence-electron chi connectivity index (χ4n) is 1.66. The van der Waals surface area contributed by atoms with Gasteiger partial charge in [-0.05, 0) is 40.2 Å². The minimum atomic E-state index is -3.85. The highest BCUT2D eigenvalue weighted by atomic mass is 79.9. The topological polar surface area (TPSA) is 81.4 Å². The van der Waals surface area contributed by atoms with Crippen molar-refractivity contribution in [3.05, 3.63) is 38.7 Å². The monoisotopic (exact) mass is 394 g/mol. The first-order valence-electron chi connectivity index (χ1n) is 5.70. The van der Waals surface area contributed by atoms with Gasteiger partial charge in [0.25, 0.3) is 0 Å². The number of hydrogen-bond donors (Lipinski definition) is 2. The zero-order valence-electron chi connectivity index (χ0n) is 10.9. The van der Waals surface area contributed by atoms with E-state index in [-0.39, 0.29) is 22.9 Å². The van der Waals surface area contributed by atoms with E-state index in [9.17, 15) is 12.8 Å². The van der Waals surface area contributed by atoms with Crippen LogP contribution in [0.3, 0.4) is 0 Å². The number of methoxy groups -OCH3 is 1. The SMILES string of the molecule is COc1c(N)cc(S(=O)(=O)NCc2ccc(Br)s2)cc1F. The maximum Gasteiger partial charge on any atom is 0.241 e. The molecule has 0 saturated carbocycles. The highest BCUT2D eigenvalue weighted by Gasteiger charge is 2.19. The van der Waals surface area contributed by atoms with Crippen LogP contribution in [0.1, 0.15) is 4.88 Å². The maximum atomic E-state index is 13.7. The van der Waals surface area contributed by atoms with Crippen molar-refractivity contribution in [2.45, 2.75) is 11.4 Å². The average molecular weight is 395 g/mol. The lowest BCUT2D eigenvalue weighted by Gasteiger charge is -2.10. The molecule has 0 amide bonds. The predicted octanol–water partition coefficient (Wildman–Crippen LogP) is 2.72. The summed E-state index contributed by atoms with van der Waals surface area (Å²) in [6.45, 7) is 0.117. The Morgan fingerprint density at radius 3 is 2.67 bits per heavy atom. The summed E-state index contributed by atoms with van der Waals surface area (Å²) < 4.78 is 46.0. The molecule has 0 fully saturated rings. The summed E-state index contributed by atoms with van der Waals surface area (Å²) in [5, 5.41) is 0. The van der Waals surface area contributed by atoms with E-state index in [1.54, 1.807) is 6.07 Å². The number of thiophene rings is 1. The van der Waals surface area contributed by atoms with Gasteiger partial charge in [0, 0.05) is 11.4 Å². The van der Waals surface area contributed by atoms with Crippen molar-refractivity contribution in [1.29, 1.82) is 0 Å². The number of halogens is 2. The molecular formula is C12H12BrFN2O3S2. The molecule has 21 heavy (non-hydrogen) atoms. The first-order valence-corrected chi connectivity index (χ1v) is 8.79. The molecule has 1 aromatic carbocycles. The third-order valence-electron chi connectivity index (χ3n) is 2.63. The van der Waals surface area contributed by atoms with Crippen molar-refractivity contribution in [3.8, 4) is 5.75 Å². The lowest BCUT2D eigenvalue weighted by Crippen LogP contribution is -2.23. The molecular weight excluding hydrogens is 383 g/mol. The van der Waals surface area contributed by atoms with E-state index >= 15 is 0 Å². The molecule has 9 heteroatoms. The zero-order valence-corrected chi connectivity index (χ0v) is 14.1. The Hall–Kier alpha value is -1.16. The summed E-state index contributed by atoms with van der Waals surface area (Å²) in [4.78, 5) is 0.585. The molecule has 0 unspecified atom stereocenters. The van der Waals surface area contributed by atoms with E-state index in [1.807, 2.05) is 6.07 Å². The van der Waals surface area contributed by atoms with Crippen molar-refractivity contribution in [3.63, 3.8) is 0 Å². The number of sulfonamides is 1. The average Bonchev–Trinajstić information content (AvgIpc) is 2.82. The number of nitrogen functional groups attached to an aromatic ring is 1. The lowest BCUT2D eigenvalue weighted by atomic mass is 10.3. The maximum absolute atomic E-state index is 13.7. The van der Waals surface area contributed by atoms with Gasteiger partial charge in [-0.3, -0.25) is 0 Å². The first kappa shape index (κ1) is 16.2. The van der Waals surface area contributed by atoms with Gasteiger partial charge in [-0.25, -0.2) is 17.5 Å². The Kier molecular flexibility index (Phi) is 4.87. The van der Waals surface area contributed by atoms with Crippen LogP contribution in [-0.4, -0.2) is 15.5 Å². The number of anilines is 1. The number of nitrogens with one attached hydrogen (secondary N) is 1. The molecule has 0 saturated heterocycles. The van der Waals surface area contributed by atoms with Crippen LogP contribution in [0.4, 0.5) is 10.1 Å². The Morgan fingerprint density at radius 1 is 1.43 bits per heavy atom. The molecule has 0 radical (unpaired) electrons. The second-order valence-corrected chi connectivity index (χ2v) is 8.37. The quantitative estimate of drug-likeness (QED) is 0.763. The molecule has 0 aliphatic heterocycles. The van der Waals surface area contributed by atoms with E-state index in [1.165, 1.54) is 18.4 Å². The van der Waals surface area contributed by atoms with Crippen molar-refractivity contribution in [1.82, 2.24) is 4.72 Å². The van der Waals surface area contributed by atoms with Gasteiger partial charge in [-0.1, -0.05) is 0 Å². The zero-order chi connectivity index (χ0) is 15.6. The minimum Gasteiger partial charge on any atom is -0.492 e. The van der Waals surface area contributed by atoms with Gasteiger partial charge < -0.3 is 10.5 Å². The predicted molar refractivity (Wildman–Crippen MR) is 83.4 cm³/mol. The Bertz CT molecular complexity index is 739. The lowest BCUT2D eigenvalue weighted by molar-refractivity contribution is 0.388. The van der Waals surface area contributed by atoms with Crippen LogP contribution in [0.2, 0.25) is 0 Å². The highest BCUT2D eigenvalue weighted by molar-refractivity contribution is 9.11. The molecule has 0 spiro atoms. The summed E-state index contributed by atoms with van der Waals surface area (Å²) in [6.07, 6.45) is 0. The van der Waals surface area contributed by atoms with Gasteiger partial charge >= 0.3 is 0 Å². The van der Waals surface area contributed by atoms with E-state index < -0.39 is 15.8 Å². The second-order valence-electron chi connectivity index (χ2n) is 4.06. The standard InChI is InChI=1S/C12H12BrFN2O3S2/c1-19-12-9(14)4-8(5-10(12)15)21(17,18)16-6-7-2-3-11(13)20-7/h2-5,16H,6,15H2,1H3. The molecule has 1 aromatic heterocycles. The van der Waals surface area contributed by atoms with E-state index in [0.717, 1.165) is 20.8 Å². The summed E-state index contributed by atoms with van der Waals surface area (Å²) in [5.74, 6) is -0.993. The van der Waals surface area contributed by atoms with Gasteiger partial charge in [0.2, 0.25) is 10.0 Å². The van der Waals surface area contributed by atoms with Crippen molar-refractivity contribution >= 4 is 43.0 Å². The molecule has 0 bridgehead atoms. The molecule has 1 heterocycles. The van der Waals surface area contributed by atoms with Crippen LogP contribution in [0, 0.1) is 5.82 Å². The van der Waals surface area contributed by atoms with Gasteiger partial charge in [-0.2, -0.15) is 0 Å². The summed E-state index contributed by atoms with van der Waals surface area (Å²) in [7, 11) is -2.59. The number of rotatable bonds is 5. The third kappa shape index (κ3) is 3.73. The largest absolute Gasteiger partial charge is 0.492 e. The fourth-order valence-corrected chi connectivity index (χ4v) is 4.22. The molecule has 2 rings (SSSR count). The van der Waals surface area contributed by atoms with Gasteiger partial charge in [0.1, 0.15) is 0 Å². The number of benzene rings is 1. The molecule has 0 atom stereocenters. The highest BCUT2D eigenvalue weighted by Crippen LogP contribution is 2.28. The number of ether oxygens (including phenoxy) is 1. The van der Waals surface area contributed by atoms with Gasteiger partial charge in [0.15, 0.2) is 11.6 Å². The van der Waals surface area contributed by atoms with Gasteiger partial charge in [0.05, 0.1) is 21.5 Å². The van der Waals surface area contributed by atoms with Crippen LogP contribution < -0.4 is 15.2 Å². The van der Waals surface area contributed by atoms with Crippen LogP contribution in [0.5, 0.6) is 5.75 Å². The Labute approximate surface area is 134 Å². The molecule has 2 aromatic rings. The van der Waals surface area contributed by atoms with E-state index in [2.05, 4.69) is 20.7 Å². The first-order chi connectivity index (χ1) is 9.83. The molecule has 114 valence electrons. The van der Waals surface area contributed by atoms with Crippen LogP contribution in [0.25, 0.3) is 0 Å². The van der Waals surface area contributed by atoms with Crippen molar-refractivity contribution in [2.75, 3.05) is 12.8 Å². The molecule has 0 aliphatic rings. The van der Waals surface area contributed by atoms with Crippen LogP contribution in [-0.2, 0) is 16.6 Å². The number of hydrogen-bond acceptors (Lipinski definition) is 5. The third-order valence-corrected chi connectivity index (χ3v) is 5.63. The van der Waals surface area contributed by atoms with Crippen molar-refractivity contribution in [2.24, 2.45) is 0 Å². The smallest absolute Gasteiger partial charge is 0.241 e. The second kappa shape index (κ2) is 6.30. The molecule has 3 N–H and O–H groups in total. The van der Waals surface area contributed by atoms with Gasteiger partial charge in [-0.15, -0.1) is 11.3 Å². The van der Waals surface area contributed by atoms with Crippen molar-refractivity contribution < 1.29 is 17.5 Å². The Morgan fingerprint density at radius 2 is 2.14 bits per heavy atom. The van der Waals surface area contributed by atoms with Crippen LogP contribution >= 0.6 is 27.3 Å². The summed E-state index contributed by atoms with van der Waals surface area (Å²) in [6, 6.07) is 5.65. The van der Waals surface area contributed by atoms with E-state index in [4.69, 9.17) is 10.5 Å². The molecule has 0 aliphatic carbocycles. The summed E-state index contributed by atoms with van der Waals surface area (Å²) >= 11 is 4.70. The van der Waals surface area contributed by atoms with E-state index in [0.29, 0.717) is 0 Å². The normalized spacial score (nSPS) is 11.6. The van der Waals surface area contributed by atoms with Crippen LogP contribution in [0.15, 0.2) is 32.9 Å². The molecule has 5 nitrogen and oxygen atoms in total. The Balaban J connectivity index is 2.23. The number of nitrogens with two attached hydrogens (primary N) is 1.